The van der Waals surface area contributed by atoms with E-state index in [0.29, 0.717) is 19.8 Å². The zero-order valence-electron chi connectivity index (χ0n) is 15.1. The minimum atomic E-state index is -1.12. The molecule has 0 aromatic heterocycles. The average molecular weight is 448 g/mol. The Morgan fingerprint density at radius 3 is 2.11 bits per heavy atom. The van der Waals surface area contributed by atoms with Crippen LogP contribution in [0.1, 0.15) is 16.0 Å². The summed E-state index contributed by atoms with van der Waals surface area (Å²) in [4.78, 5) is 10.3. The minimum absolute atomic E-state index is 0.0773. The molecule has 0 amide bonds. The van der Waals surface area contributed by atoms with Gasteiger partial charge in [-0.3, -0.25) is 4.79 Å². The summed E-state index contributed by atoms with van der Waals surface area (Å²) in [7, 11) is 3.08. The number of halogens is 1. The van der Waals surface area contributed by atoms with Crippen LogP contribution in [0.5, 0.6) is 11.5 Å². The van der Waals surface area contributed by atoms with Gasteiger partial charge in [0.15, 0.2) is 25.1 Å². The van der Waals surface area contributed by atoms with Crippen LogP contribution in [-0.2, 0) is 23.7 Å². The normalized spacial score (nSPS) is 11.6. The zero-order valence-corrected chi connectivity index (χ0v) is 16.7. The summed E-state index contributed by atoms with van der Waals surface area (Å²) < 4.78 is 31.4. The number of aliphatic carboxylic acids is 1. The third-order valence-electron chi connectivity index (χ3n) is 3.19. The van der Waals surface area contributed by atoms with Crippen molar-refractivity contribution in [1.29, 1.82) is 5.26 Å². The van der Waals surface area contributed by atoms with Gasteiger partial charge in [-0.1, -0.05) is 22.0 Å². The fraction of sp³-hybridized carbons (Fsp3) is 0.529. The molecule has 1 rings (SSSR count). The van der Waals surface area contributed by atoms with Gasteiger partial charge in [-0.05, 0) is 6.07 Å². The summed E-state index contributed by atoms with van der Waals surface area (Å²) in [5, 5.41) is 18.6. The largest absolute Gasteiger partial charge is 0.480 e. The average Bonchev–Trinajstić information content (AvgIpc) is 2.67. The Morgan fingerprint density at radius 1 is 1.07 bits per heavy atom. The van der Waals surface area contributed by atoms with E-state index in [0.717, 1.165) is 0 Å². The quantitative estimate of drug-likeness (QED) is 0.259. The second-order valence-corrected chi connectivity index (χ2v) is 5.92. The summed E-state index contributed by atoms with van der Waals surface area (Å²) in [6, 6.07) is 4.92. The maximum absolute atomic E-state index is 11.4. The Hall–Kier alpha value is -1.90. The smallest absolute Gasteiger partial charge is 0.321 e. The zero-order chi connectivity index (χ0) is 20.1. The molecule has 1 atom stereocenters. The summed E-state index contributed by atoms with van der Waals surface area (Å²) in [6.07, 6.45) is 0. The number of benzene rings is 1. The van der Waals surface area contributed by atoms with Crippen LogP contribution in [0.15, 0.2) is 12.1 Å². The second-order valence-electron chi connectivity index (χ2n) is 5.00. The number of nitrogens with zero attached hydrogens (tertiary/aromatic N) is 1. The summed E-state index contributed by atoms with van der Waals surface area (Å²) >= 11 is 3.09. The van der Waals surface area contributed by atoms with E-state index >= 15 is 0 Å². The van der Waals surface area contributed by atoms with Crippen LogP contribution < -0.4 is 9.47 Å². The van der Waals surface area contributed by atoms with Gasteiger partial charge in [-0.2, -0.15) is 5.26 Å². The lowest BCUT2D eigenvalue weighted by atomic mass is 10.1. The van der Waals surface area contributed by atoms with Crippen molar-refractivity contribution in [2.45, 2.75) is 4.83 Å². The van der Waals surface area contributed by atoms with Crippen LogP contribution in [0.25, 0.3) is 0 Å². The molecule has 0 saturated carbocycles. The molecule has 27 heavy (non-hydrogen) atoms. The van der Waals surface area contributed by atoms with Gasteiger partial charge in [-0.15, -0.1) is 0 Å². The Kier molecular flexibility index (Phi) is 11.4. The predicted octanol–water partition coefficient (Wildman–Crippen LogP) is 2.08. The highest BCUT2D eigenvalue weighted by Gasteiger charge is 2.25. The molecule has 1 aromatic rings. The number of methoxy groups -OCH3 is 2. The number of hydrogen-bond donors (Lipinski definition) is 1. The van der Waals surface area contributed by atoms with E-state index in [2.05, 4.69) is 15.9 Å². The van der Waals surface area contributed by atoms with Gasteiger partial charge in [0.25, 0.3) is 0 Å². The summed E-state index contributed by atoms with van der Waals surface area (Å²) in [5.41, 5.74) is 0.454. The molecule has 150 valence electrons. The van der Waals surface area contributed by atoms with Gasteiger partial charge in [0.2, 0.25) is 0 Å². The molecule has 0 fully saturated rings. The van der Waals surface area contributed by atoms with Crippen molar-refractivity contribution in [3.05, 3.63) is 23.3 Å². The SMILES string of the molecule is COCCOCOc1c(C#N)ccc(C(Br)C(=O)O)c1OCOCCOC. The first-order chi connectivity index (χ1) is 13.1. The monoisotopic (exact) mass is 447 g/mol. The van der Waals surface area contributed by atoms with Crippen LogP contribution in [-0.4, -0.2) is 65.3 Å². The standard InChI is InChI=1S/C17H22BrNO8/c1-22-5-7-24-10-26-15-12(9-19)3-4-13(14(18)17(20)21)16(15)27-11-25-8-6-23-2/h3-4,14H,5-8,10-11H2,1-2H3,(H,20,21). The van der Waals surface area contributed by atoms with Gasteiger partial charge in [0, 0.05) is 19.8 Å². The number of carboxylic acid groups (broad SMARTS) is 1. The third kappa shape index (κ3) is 7.70. The molecule has 0 saturated heterocycles. The Morgan fingerprint density at radius 2 is 1.63 bits per heavy atom. The fourth-order valence-electron chi connectivity index (χ4n) is 1.89. The Bertz CT molecular complexity index is 634. The predicted molar refractivity (Wildman–Crippen MR) is 97.1 cm³/mol. The van der Waals surface area contributed by atoms with E-state index in [9.17, 15) is 15.2 Å². The van der Waals surface area contributed by atoms with Crippen molar-refractivity contribution in [3.63, 3.8) is 0 Å². The first-order valence-electron chi connectivity index (χ1n) is 7.89. The molecule has 0 aliphatic heterocycles. The molecule has 0 radical (unpaired) electrons. The fourth-order valence-corrected chi connectivity index (χ4v) is 2.25. The van der Waals surface area contributed by atoms with Crippen LogP contribution >= 0.6 is 15.9 Å². The van der Waals surface area contributed by atoms with E-state index in [4.69, 9.17) is 28.4 Å². The lowest BCUT2D eigenvalue weighted by Gasteiger charge is -2.19. The van der Waals surface area contributed by atoms with E-state index in [1.165, 1.54) is 19.2 Å². The number of alkyl halides is 1. The molecule has 1 unspecified atom stereocenters. The molecule has 1 N–H and O–H groups in total. The molecular formula is C17H22BrNO8. The number of nitriles is 1. The lowest BCUT2D eigenvalue weighted by molar-refractivity contribution is -0.136. The van der Waals surface area contributed by atoms with Gasteiger partial charge < -0.3 is 33.5 Å². The van der Waals surface area contributed by atoms with Crippen molar-refractivity contribution >= 4 is 21.9 Å². The Balaban J connectivity index is 3.03. The highest BCUT2D eigenvalue weighted by atomic mass is 79.9. The second kappa shape index (κ2) is 13.3. The van der Waals surface area contributed by atoms with Crippen LogP contribution in [0.2, 0.25) is 0 Å². The number of ether oxygens (including phenoxy) is 6. The van der Waals surface area contributed by atoms with Gasteiger partial charge in [0.1, 0.15) is 10.9 Å². The highest BCUT2D eigenvalue weighted by molar-refractivity contribution is 9.09. The highest BCUT2D eigenvalue weighted by Crippen LogP contribution is 2.41. The van der Waals surface area contributed by atoms with Crippen molar-refractivity contribution in [3.8, 4) is 17.6 Å². The molecule has 0 aliphatic carbocycles. The van der Waals surface area contributed by atoms with Gasteiger partial charge in [-0.25, -0.2) is 0 Å². The molecule has 0 aliphatic rings. The molecule has 0 heterocycles. The van der Waals surface area contributed by atoms with E-state index in [-0.39, 0.29) is 42.8 Å². The number of carboxylic acids is 1. The molecular weight excluding hydrogens is 426 g/mol. The molecule has 0 spiro atoms. The van der Waals surface area contributed by atoms with Crippen LogP contribution in [0.3, 0.4) is 0 Å². The molecule has 0 bridgehead atoms. The third-order valence-corrected chi connectivity index (χ3v) is 4.07. The maximum atomic E-state index is 11.4. The van der Waals surface area contributed by atoms with E-state index in [1.807, 2.05) is 6.07 Å². The maximum Gasteiger partial charge on any atom is 0.321 e. The Labute approximate surface area is 165 Å². The first-order valence-corrected chi connectivity index (χ1v) is 8.81. The van der Waals surface area contributed by atoms with E-state index in [1.54, 1.807) is 7.11 Å². The van der Waals surface area contributed by atoms with Gasteiger partial charge >= 0.3 is 5.97 Å². The summed E-state index contributed by atoms with van der Waals surface area (Å²) in [6.45, 7) is 1.00. The molecule has 9 nitrogen and oxygen atoms in total. The van der Waals surface area contributed by atoms with Crippen LogP contribution in [0, 0.1) is 11.3 Å². The van der Waals surface area contributed by atoms with Crippen molar-refractivity contribution in [1.82, 2.24) is 0 Å². The number of hydrogen-bond acceptors (Lipinski definition) is 8. The van der Waals surface area contributed by atoms with Crippen LogP contribution in [0.4, 0.5) is 0 Å². The minimum Gasteiger partial charge on any atom is -0.480 e. The van der Waals surface area contributed by atoms with Crippen molar-refractivity contribution in [2.75, 3.05) is 54.2 Å². The molecule has 10 heteroatoms. The van der Waals surface area contributed by atoms with Crippen molar-refractivity contribution < 1.29 is 38.3 Å². The van der Waals surface area contributed by atoms with Gasteiger partial charge in [0.05, 0.1) is 32.0 Å². The number of carbonyl (C=O) groups is 1. The number of rotatable bonds is 14. The lowest BCUT2D eigenvalue weighted by Crippen LogP contribution is -2.14. The first kappa shape index (κ1) is 23.1. The topological polar surface area (TPSA) is 116 Å². The molecule has 1 aromatic carbocycles. The summed E-state index contributed by atoms with van der Waals surface area (Å²) in [5.74, 6) is -0.952. The van der Waals surface area contributed by atoms with Crippen molar-refractivity contribution in [2.24, 2.45) is 0 Å². The van der Waals surface area contributed by atoms with E-state index < -0.39 is 10.8 Å².